The summed E-state index contributed by atoms with van der Waals surface area (Å²) in [7, 11) is 0. The first-order valence-electron chi connectivity index (χ1n) is 18.9. The number of rotatable bonds is 8. The number of carboxylic acids is 1. The summed E-state index contributed by atoms with van der Waals surface area (Å²) < 4.78 is 0. The normalized spacial score (nSPS) is 22.3. The fourth-order valence-electron chi connectivity index (χ4n) is 6.74. The molecule has 12 nitrogen and oxygen atoms in total. The number of carboxylic acid groups (broad SMARTS) is 1. The highest BCUT2D eigenvalue weighted by Gasteiger charge is 2.33. The van der Waals surface area contributed by atoms with E-state index in [1.54, 1.807) is 60.3 Å². The molecule has 7 rings (SSSR count). The van der Waals surface area contributed by atoms with E-state index in [0.717, 1.165) is 22.3 Å². The number of carbonyl (C=O) groups is 6. The zero-order valence-corrected chi connectivity index (χ0v) is 32.0. The van der Waals surface area contributed by atoms with E-state index in [2.05, 4.69) is 26.6 Å². The standard InChI is InChI=1S/C44H45N5O7S/c50-39-21-22-40(51)46-37(27-34-12-7-23-57-34)43(54)48-36(25-29-13-17-32(18-14-29)31-10-5-2-6-11-31)41(52)47-35(24-28-8-3-1-4-9-28)42(53)49-38(44(55)56)26-30-15-19-33(45-39)20-16-30/h1-11,13-20,23,34-38H,12,21-22,24-27H2,(H,45,50)(H,46,51)(H,47,52)(H,48,54)(H,49,53)(H,55,56)/t34?,35-,36+,37-,38-/m1/s1. The molecule has 5 amide bonds. The van der Waals surface area contributed by atoms with Crippen molar-refractivity contribution >= 4 is 53.0 Å². The lowest BCUT2D eigenvalue weighted by Gasteiger charge is -2.27. The molecular formula is C44H45N5O7S. The Morgan fingerprint density at radius 3 is 1.79 bits per heavy atom. The highest BCUT2D eigenvalue weighted by atomic mass is 32.2. The number of allylic oxidation sites excluding steroid dienone is 1. The quantitative estimate of drug-likeness (QED) is 0.141. The second kappa shape index (κ2) is 19.6. The molecule has 57 heavy (non-hydrogen) atoms. The van der Waals surface area contributed by atoms with E-state index in [-0.39, 0.29) is 43.8 Å². The van der Waals surface area contributed by atoms with Crippen LogP contribution in [0.15, 0.2) is 121 Å². The predicted octanol–water partition coefficient (Wildman–Crippen LogP) is 4.55. The molecule has 0 fully saturated rings. The molecule has 3 aliphatic heterocycles. The van der Waals surface area contributed by atoms with Crippen molar-refractivity contribution in [1.29, 1.82) is 0 Å². The van der Waals surface area contributed by atoms with Crippen LogP contribution < -0.4 is 26.6 Å². The number of aliphatic carboxylic acids is 1. The Morgan fingerprint density at radius 2 is 1.18 bits per heavy atom. The summed E-state index contributed by atoms with van der Waals surface area (Å²) in [5.74, 6) is -4.18. The molecular weight excluding hydrogens is 743 g/mol. The fraction of sp³-hybridized carbons (Fsp3) is 0.273. The molecule has 0 saturated carbocycles. The molecule has 4 aromatic rings. The zero-order chi connectivity index (χ0) is 40.1. The second-order valence-electron chi connectivity index (χ2n) is 14.1. The van der Waals surface area contributed by atoms with Gasteiger partial charge in [-0.15, -0.1) is 11.8 Å². The van der Waals surface area contributed by atoms with Crippen LogP contribution in [-0.2, 0) is 48.0 Å². The SMILES string of the molecule is O=C1CCC(=O)N[C@H](CC2CC=CS2)C(=O)N[C@@H](Cc2ccc(-c3ccccc3)cc2)C(=O)N[C@H](Cc2ccccc2)C(=O)N[C@@H](C(=O)O)Cc2ccc(cc2)N1. The summed E-state index contributed by atoms with van der Waals surface area (Å²) in [4.78, 5) is 81.1. The van der Waals surface area contributed by atoms with Gasteiger partial charge >= 0.3 is 5.97 Å². The van der Waals surface area contributed by atoms with Crippen LogP contribution in [0.1, 0.15) is 42.4 Å². The van der Waals surface area contributed by atoms with Crippen LogP contribution in [0.25, 0.3) is 11.1 Å². The molecule has 0 radical (unpaired) electrons. The summed E-state index contributed by atoms with van der Waals surface area (Å²) in [6, 6.07) is 28.1. The van der Waals surface area contributed by atoms with Crippen molar-refractivity contribution in [2.45, 2.75) is 74.4 Å². The average Bonchev–Trinajstić information content (AvgIpc) is 3.73. The van der Waals surface area contributed by atoms with Gasteiger partial charge in [-0.3, -0.25) is 24.0 Å². The highest BCUT2D eigenvalue weighted by Crippen LogP contribution is 2.28. The number of anilines is 1. The first-order valence-corrected chi connectivity index (χ1v) is 19.8. The van der Waals surface area contributed by atoms with Gasteiger partial charge in [0.2, 0.25) is 29.5 Å². The maximum atomic E-state index is 14.4. The molecule has 1 unspecified atom stereocenters. The Morgan fingerprint density at radius 1 is 0.614 bits per heavy atom. The average molecular weight is 788 g/mol. The largest absolute Gasteiger partial charge is 0.480 e. The number of nitrogens with one attached hydrogen (secondary N) is 5. The summed E-state index contributed by atoms with van der Waals surface area (Å²) in [5.41, 5.74) is 4.44. The maximum absolute atomic E-state index is 14.4. The summed E-state index contributed by atoms with van der Waals surface area (Å²) in [6.45, 7) is 0. The van der Waals surface area contributed by atoms with Crippen molar-refractivity contribution in [2.75, 3.05) is 5.32 Å². The van der Waals surface area contributed by atoms with E-state index in [0.29, 0.717) is 17.7 Å². The molecule has 0 aliphatic carbocycles. The van der Waals surface area contributed by atoms with Crippen molar-refractivity contribution in [3.8, 4) is 11.1 Å². The topological polar surface area (TPSA) is 183 Å². The van der Waals surface area contributed by atoms with Gasteiger partial charge in [-0.1, -0.05) is 103 Å². The lowest BCUT2D eigenvalue weighted by atomic mass is 9.99. The van der Waals surface area contributed by atoms with Gasteiger partial charge in [0.25, 0.3) is 0 Å². The Kier molecular flexibility index (Phi) is 13.9. The Labute approximate surface area is 335 Å². The number of hydrogen-bond donors (Lipinski definition) is 6. The van der Waals surface area contributed by atoms with E-state index in [9.17, 15) is 33.9 Å². The predicted molar refractivity (Wildman–Crippen MR) is 219 cm³/mol. The molecule has 2 bridgehead atoms. The smallest absolute Gasteiger partial charge is 0.326 e. The van der Waals surface area contributed by atoms with Crippen molar-refractivity contribution in [3.63, 3.8) is 0 Å². The van der Waals surface area contributed by atoms with Crippen LogP contribution in [-0.4, -0.2) is 70.0 Å². The van der Waals surface area contributed by atoms with Gasteiger partial charge in [-0.05, 0) is 58.2 Å². The Bertz CT molecular complexity index is 2070. The van der Waals surface area contributed by atoms with Gasteiger partial charge in [0, 0.05) is 43.0 Å². The molecule has 3 heterocycles. The fourth-order valence-corrected chi connectivity index (χ4v) is 7.71. The van der Waals surface area contributed by atoms with E-state index in [1.807, 2.05) is 72.1 Å². The van der Waals surface area contributed by atoms with Crippen LogP contribution in [0.3, 0.4) is 0 Å². The highest BCUT2D eigenvalue weighted by molar-refractivity contribution is 8.03. The van der Waals surface area contributed by atoms with Crippen LogP contribution >= 0.6 is 11.8 Å². The zero-order valence-electron chi connectivity index (χ0n) is 31.2. The minimum Gasteiger partial charge on any atom is -0.480 e. The van der Waals surface area contributed by atoms with Crippen molar-refractivity contribution < 1.29 is 33.9 Å². The van der Waals surface area contributed by atoms with Gasteiger partial charge in [-0.2, -0.15) is 0 Å². The number of amides is 5. The van der Waals surface area contributed by atoms with Crippen molar-refractivity contribution in [3.05, 3.63) is 137 Å². The third kappa shape index (κ3) is 11.9. The van der Waals surface area contributed by atoms with Gasteiger partial charge < -0.3 is 31.7 Å². The first-order chi connectivity index (χ1) is 27.6. The maximum Gasteiger partial charge on any atom is 0.326 e. The molecule has 3 aliphatic rings. The van der Waals surface area contributed by atoms with Gasteiger partial charge in [0.15, 0.2) is 0 Å². The molecule has 0 aromatic heterocycles. The number of hydrogen-bond acceptors (Lipinski definition) is 7. The molecule has 5 atom stereocenters. The van der Waals surface area contributed by atoms with Gasteiger partial charge in [0.05, 0.1) is 0 Å². The lowest BCUT2D eigenvalue weighted by molar-refractivity contribution is -0.142. The molecule has 4 aromatic carbocycles. The summed E-state index contributed by atoms with van der Waals surface area (Å²) in [5, 5.41) is 25.9. The summed E-state index contributed by atoms with van der Waals surface area (Å²) >= 11 is 1.54. The van der Waals surface area contributed by atoms with E-state index in [1.165, 1.54) is 0 Å². The monoisotopic (exact) mass is 787 g/mol. The third-order valence-corrected chi connectivity index (χ3v) is 11.0. The van der Waals surface area contributed by atoms with E-state index < -0.39 is 59.7 Å². The Balaban J connectivity index is 1.33. The van der Waals surface area contributed by atoms with Crippen LogP contribution in [0, 0.1) is 0 Å². The minimum atomic E-state index is -1.35. The number of benzene rings is 4. The molecule has 0 spiro atoms. The second-order valence-corrected chi connectivity index (χ2v) is 15.4. The van der Waals surface area contributed by atoms with E-state index >= 15 is 0 Å². The molecule has 6 N–H and O–H groups in total. The minimum absolute atomic E-state index is 0.000681. The van der Waals surface area contributed by atoms with Crippen molar-refractivity contribution in [1.82, 2.24) is 21.3 Å². The van der Waals surface area contributed by atoms with E-state index in [4.69, 9.17) is 0 Å². The first kappa shape index (κ1) is 40.5. The lowest BCUT2D eigenvalue weighted by Crippen LogP contribution is -2.59. The number of carbonyl (C=O) groups excluding carboxylic acids is 5. The number of thioether (sulfide) groups is 1. The van der Waals surface area contributed by atoms with Crippen LogP contribution in [0.4, 0.5) is 5.69 Å². The van der Waals surface area contributed by atoms with Crippen molar-refractivity contribution in [2.24, 2.45) is 0 Å². The molecule has 0 saturated heterocycles. The number of fused-ring (bicyclic) bond motifs is 18. The molecule has 13 heteroatoms. The third-order valence-electron chi connectivity index (χ3n) is 9.84. The summed E-state index contributed by atoms with van der Waals surface area (Å²) in [6.07, 6.45) is 2.62. The van der Waals surface area contributed by atoms with Gasteiger partial charge in [0.1, 0.15) is 24.2 Å². The Hall–Kier alpha value is -6.21. The molecule has 294 valence electrons. The van der Waals surface area contributed by atoms with Crippen LogP contribution in [0.2, 0.25) is 0 Å². The van der Waals surface area contributed by atoms with Gasteiger partial charge in [-0.25, -0.2) is 4.79 Å². The van der Waals surface area contributed by atoms with Crippen LogP contribution in [0.5, 0.6) is 0 Å².